The van der Waals surface area contributed by atoms with Crippen LogP contribution >= 0.6 is 0 Å². The van der Waals surface area contributed by atoms with E-state index in [1.807, 2.05) is 0 Å². The fourth-order valence-corrected chi connectivity index (χ4v) is 3.22. The van der Waals surface area contributed by atoms with E-state index in [4.69, 9.17) is 4.74 Å². The van der Waals surface area contributed by atoms with E-state index in [1.165, 1.54) is 12.7 Å². The first-order valence-corrected chi connectivity index (χ1v) is 8.22. The highest BCUT2D eigenvalue weighted by molar-refractivity contribution is 7.88. The SMILES string of the molecule is CS(=O)(=O)NCCN1CC[C@@H]2OCCC[C@@H]2C1. The molecule has 0 saturated carbocycles. The van der Waals surface area contributed by atoms with Crippen LogP contribution in [0.3, 0.4) is 0 Å². The van der Waals surface area contributed by atoms with Crippen LogP contribution in [-0.4, -0.2) is 58.5 Å². The predicted molar refractivity (Wildman–Crippen MR) is 66.4 cm³/mol. The molecule has 2 saturated heterocycles. The minimum Gasteiger partial charge on any atom is -0.378 e. The summed E-state index contributed by atoms with van der Waals surface area (Å²) in [5.74, 6) is 0.649. The highest BCUT2D eigenvalue weighted by Crippen LogP contribution is 2.27. The number of hydrogen-bond acceptors (Lipinski definition) is 4. The van der Waals surface area contributed by atoms with Crippen LogP contribution in [0.4, 0.5) is 0 Å². The third kappa shape index (κ3) is 4.21. The lowest BCUT2D eigenvalue weighted by Gasteiger charge is -2.41. The predicted octanol–water partition coefficient (Wildman–Crippen LogP) is 0.0365. The molecule has 2 fully saturated rings. The van der Waals surface area contributed by atoms with Gasteiger partial charge in [0.2, 0.25) is 10.0 Å². The average molecular weight is 262 g/mol. The fourth-order valence-electron chi connectivity index (χ4n) is 2.76. The van der Waals surface area contributed by atoms with Gasteiger partial charge in [-0.25, -0.2) is 13.1 Å². The number of piperidine rings is 1. The first-order valence-electron chi connectivity index (χ1n) is 6.33. The van der Waals surface area contributed by atoms with E-state index in [1.54, 1.807) is 0 Å². The van der Waals surface area contributed by atoms with Crippen LogP contribution in [0.1, 0.15) is 19.3 Å². The molecule has 0 bridgehead atoms. The Bertz CT molecular complexity index is 345. The van der Waals surface area contributed by atoms with Crippen LogP contribution in [0, 0.1) is 5.92 Å². The lowest BCUT2D eigenvalue weighted by atomic mass is 9.88. The number of ether oxygens (including phenoxy) is 1. The summed E-state index contributed by atoms with van der Waals surface area (Å²) in [4.78, 5) is 2.34. The van der Waals surface area contributed by atoms with Crippen molar-refractivity contribution in [2.45, 2.75) is 25.4 Å². The van der Waals surface area contributed by atoms with Gasteiger partial charge in [-0.15, -0.1) is 0 Å². The van der Waals surface area contributed by atoms with Crippen LogP contribution < -0.4 is 4.72 Å². The van der Waals surface area contributed by atoms with Gasteiger partial charge >= 0.3 is 0 Å². The van der Waals surface area contributed by atoms with Crippen LogP contribution in [-0.2, 0) is 14.8 Å². The quantitative estimate of drug-likeness (QED) is 0.777. The summed E-state index contributed by atoms with van der Waals surface area (Å²) in [5.41, 5.74) is 0. The molecule has 2 rings (SSSR count). The number of rotatable bonds is 4. The van der Waals surface area contributed by atoms with Gasteiger partial charge in [-0.1, -0.05) is 0 Å². The number of likely N-dealkylation sites (tertiary alicyclic amines) is 1. The van der Waals surface area contributed by atoms with Crippen molar-refractivity contribution in [3.63, 3.8) is 0 Å². The number of hydrogen-bond donors (Lipinski definition) is 1. The van der Waals surface area contributed by atoms with Crippen LogP contribution in [0.5, 0.6) is 0 Å². The molecule has 0 spiro atoms. The smallest absolute Gasteiger partial charge is 0.208 e. The molecule has 0 aliphatic carbocycles. The topological polar surface area (TPSA) is 58.6 Å². The number of nitrogens with zero attached hydrogens (tertiary/aromatic N) is 1. The van der Waals surface area contributed by atoms with Gasteiger partial charge in [0, 0.05) is 32.8 Å². The zero-order chi connectivity index (χ0) is 12.3. The molecule has 0 radical (unpaired) electrons. The van der Waals surface area contributed by atoms with E-state index >= 15 is 0 Å². The monoisotopic (exact) mass is 262 g/mol. The molecule has 100 valence electrons. The normalized spacial score (nSPS) is 31.1. The minimum atomic E-state index is -3.05. The van der Waals surface area contributed by atoms with Gasteiger partial charge in [0.1, 0.15) is 0 Å². The molecule has 1 N–H and O–H groups in total. The molecular formula is C11H22N2O3S. The van der Waals surface area contributed by atoms with E-state index in [0.29, 0.717) is 18.6 Å². The van der Waals surface area contributed by atoms with Crippen molar-refractivity contribution < 1.29 is 13.2 Å². The highest BCUT2D eigenvalue weighted by Gasteiger charge is 2.31. The van der Waals surface area contributed by atoms with Gasteiger partial charge in [0.15, 0.2) is 0 Å². The summed E-state index contributed by atoms with van der Waals surface area (Å²) in [5, 5.41) is 0. The van der Waals surface area contributed by atoms with Gasteiger partial charge in [0.05, 0.1) is 12.4 Å². The van der Waals surface area contributed by atoms with Gasteiger partial charge < -0.3 is 9.64 Å². The Labute approximate surface area is 104 Å². The number of nitrogens with one attached hydrogen (secondary N) is 1. The maximum atomic E-state index is 11.0. The average Bonchev–Trinajstić information content (AvgIpc) is 2.27. The second-order valence-electron chi connectivity index (χ2n) is 5.07. The Morgan fingerprint density at radius 2 is 2.24 bits per heavy atom. The van der Waals surface area contributed by atoms with E-state index < -0.39 is 10.0 Å². The molecule has 2 aliphatic heterocycles. The van der Waals surface area contributed by atoms with Crippen LogP contribution in [0.2, 0.25) is 0 Å². The molecule has 0 aromatic carbocycles. The van der Waals surface area contributed by atoms with Gasteiger partial charge in [-0.3, -0.25) is 0 Å². The maximum absolute atomic E-state index is 11.0. The van der Waals surface area contributed by atoms with E-state index in [2.05, 4.69) is 9.62 Å². The molecule has 6 heteroatoms. The Morgan fingerprint density at radius 3 is 3.00 bits per heavy atom. The Balaban J connectivity index is 1.72. The van der Waals surface area contributed by atoms with E-state index in [-0.39, 0.29) is 0 Å². The summed E-state index contributed by atoms with van der Waals surface area (Å²) in [6.45, 7) is 4.30. The zero-order valence-corrected chi connectivity index (χ0v) is 11.2. The van der Waals surface area contributed by atoms with E-state index in [9.17, 15) is 8.42 Å². The number of sulfonamides is 1. The summed E-state index contributed by atoms with van der Waals surface area (Å²) in [6.07, 6.45) is 5.15. The van der Waals surface area contributed by atoms with Crippen molar-refractivity contribution >= 4 is 10.0 Å². The summed E-state index contributed by atoms with van der Waals surface area (Å²) in [7, 11) is -3.05. The molecule has 0 amide bonds. The van der Waals surface area contributed by atoms with Crippen LogP contribution in [0.25, 0.3) is 0 Å². The van der Waals surface area contributed by atoms with E-state index in [0.717, 1.165) is 39.1 Å². The van der Waals surface area contributed by atoms with Crippen molar-refractivity contribution in [3.05, 3.63) is 0 Å². The highest BCUT2D eigenvalue weighted by atomic mass is 32.2. The Kier molecular flexibility index (Phi) is 4.41. The second-order valence-corrected chi connectivity index (χ2v) is 6.90. The Morgan fingerprint density at radius 1 is 1.41 bits per heavy atom. The largest absolute Gasteiger partial charge is 0.378 e. The van der Waals surface area contributed by atoms with Gasteiger partial charge in [-0.05, 0) is 25.2 Å². The third-order valence-corrected chi connectivity index (χ3v) is 4.32. The fraction of sp³-hybridized carbons (Fsp3) is 1.00. The molecule has 5 nitrogen and oxygen atoms in total. The summed E-state index contributed by atoms with van der Waals surface area (Å²) < 4.78 is 30.2. The lowest BCUT2D eigenvalue weighted by Crippen LogP contribution is -2.48. The lowest BCUT2D eigenvalue weighted by molar-refractivity contribution is -0.0657. The molecule has 0 aromatic heterocycles. The maximum Gasteiger partial charge on any atom is 0.208 e. The molecule has 2 aliphatic rings. The molecule has 0 aromatic rings. The zero-order valence-electron chi connectivity index (χ0n) is 10.4. The summed E-state index contributed by atoms with van der Waals surface area (Å²) in [6, 6.07) is 0. The molecule has 0 unspecified atom stereocenters. The molecule has 2 atom stereocenters. The standard InChI is InChI=1S/C11H22N2O3S/c1-17(14,15)12-5-7-13-6-4-11-10(9-13)3-2-8-16-11/h10-12H,2-9H2,1H3/t10-,11+/m1/s1. The van der Waals surface area contributed by atoms with Crippen molar-refractivity contribution in [2.24, 2.45) is 5.92 Å². The van der Waals surface area contributed by atoms with Crippen molar-refractivity contribution in [3.8, 4) is 0 Å². The molecule has 2 heterocycles. The molecular weight excluding hydrogens is 240 g/mol. The van der Waals surface area contributed by atoms with Crippen molar-refractivity contribution in [1.29, 1.82) is 0 Å². The summed E-state index contributed by atoms with van der Waals surface area (Å²) >= 11 is 0. The third-order valence-electron chi connectivity index (χ3n) is 3.59. The molecule has 17 heavy (non-hydrogen) atoms. The first kappa shape index (κ1) is 13.3. The Hall–Kier alpha value is -0.170. The number of fused-ring (bicyclic) bond motifs is 1. The minimum absolute atomic E-state index is 0.447. The van der Waals surface area contributed by atoms with Crippen molar-refractivity contribution in [1.82, 2.24) is 9.62 Å². The van der Waals surface area contributed by atoms with Crippen LogP contribution in [0.15, 0.2) is 0 Å². The van der Waals surface area contributed by atoms with Crippen molar-refractivity contribution in [2.75, 3.05) is 39.0 Å². The van der Waals surface area contributed by atoms with Gasteiger partial charge in [0.25, 0.3) is 0 Å². The first-order chi connectivity index (χ1) is 8.04. The van der Waals surface area contributed by atoms with Gasteiger partial charge in [-0.2, -0.15) is 0 Å². The second kappa shape index (κ2) is 5.65.